The predicted molar refractivity (Wildman–Crippen MR) is 83.1 cm³/mol. The number of hydrogen-bond donors (Lipinski definition) is 1. The van der Waals surface area contributed by atoms with Crippen LogP contribution in [0.4, 0.5) is 0 Å². The van der Waals surface area contributed by atoms with Crippen LogP contribution in [0.3, 0.4) is 0 Å². The Morgan fingerprint density at radius 3 is 2.63 bits per heavy atom. The van der Waals surface area contributed by atoms with E-state index in [0.29, 0.717) is 6.04 Å². The maximum atomic E-state index is 6.09. The molecule has 19 heavy (non-hydrogen) atoms. The molecule has 3 rings (SSSR count). The van der Waals surface area contributed by atoms with Crippen molar-refractivity contribution in [2.24, 2.45) is 5.92 Å². The van der Waals surface area contributed by atoms with Crippen molar-refractivity contribution in [3.63, 3.8) is 0 Å². The van der Waals surface area contributed by atoms with Gasteiger partial charge in [0.15, 0.2) is 0 Å². The smallest absolute Gasteiger partial charge is 0.0931 e. The fourth-order valence-corrected chi connectivity index (χ4v) is 4.24. The highest BCUT2D eigenvalue weighted by molar-refractivity contribution is 7.16. The molecule has 0 amide bonds. The van der Waals surface area contributed by atoms with Crippen molar-refractivity contribution in [2.45, 2.75) is 44.7 Å². The van der Waals surface area contributed by atoms with Gasteiger partial charge in [0.05, 0.1) is 4.34 Å². The van der Waals surface area contributed by atoms with Crippen molar-refractivity contribution in [3.05, 3.63) is 21.3 Å². The van der Waals surface area contributed by atoms with Gasteiger partial charge >= 0.3 is 0 Å². The van der Waals surface area contributed by atoms with Crippen molar-refractivity contribution < 1.29 is 0 Å². The van der Waals surface area contributed by atoms with Gasteiger partial charge in [0.2, 0.25) is 0 Å². The molecule has 2 heterocycles. The summed E-state index contributed by atoms with van der Waals surface area (Å²) < 4.78 is 0.916. The Morgan fingerprint density at radius 2 is 2.05 bits per heavy atom. The van der Waals surface area contributed by atoms with Crippen LogP contribution in [0.5, 0.6) is 0 Å². The minimum atomic E-state index is 0.528. The molecule has 0 aromatic carbocycles. The summed E-state index contributed by atoms with van der Waals surface area (Å²) in [7, 11) is 0. The van der Waals surface area contributed by atoms with Crippen molar-refractivity contribution in [2.75, 3.05) is 19.6 Å². The Bertz CT molecular complexity index is 410. The maximum absolute atomic E-state index is 6.09. The second kappa shape index (κ2) is 6.13. The molecule has 1 atom stereocenters. The van der Waals surface area contributed by atoms with Crippen LogP contribution in [0.15, 0.2) is 12.1 Å². The zero-order valence-corrected chi connectivity index (χ0v) is 13.1. The molecule has 1 aliphatic heterocycles. The van der Waals surface area contributed by atoms with Crippen LogP contribution in [0.1, 0.15) is 43.5 Å². The lowest BCUT2D eigenvalue weighted by atomic mass is 9.96. The zero-order chi connectivity index (χ0) is 13.2. The molecule has 1 saturated carbocycles. The molecule has 0 bridgehead atoms. The molecule has 0 radical (unpaired) electrons. The van der Waals surface area contributed by atoms with E-state index in [1.54, 1.807) is 11.3 Å². The first-order chi connectivity index (χ1) is 9.24. The van der Waals surface area contributed by atoms with Gasteiger partial charge in [-0.25, -0.2) is 0 Å². The van der Waals surface area contributed by atoms with Gasteiger partial charge in [-0.1, -0.05) is 11.6 Å². The summed E-state index contributed by atoms with van der Waals surface area (Å²) in [4.78, 5) is 4.16. The molecule has 2 aliphatic rings. The summed E-state index contributed by atoms with van der Waals surface area (Å²) >= 11 is 7.83. The summed E-state index contributed by atoms with van der Waals surface area (Å²) in [5, 5.41) is 3.46. The van der Waals surface area contributed by atoms with Crippen LogP contribution >= 0.6 is 22.9 Å². The number of piperidine rings is 1. The van der Waals surface area contributed by atoms with E-state index in [4.69, 9.17) is 11.6 Å². The fraction of sp³-hybridized carbons (Fsp3) is 0.733. The molecule has 2 nitrogen and oxygen atoms in total. The molecular formula is C15H23ClN2S. The lowest BCUT2D eigenvalue weighted by Crippen LogP contribution is -2.38. The first kappa shape index (κ1) is 13.9. The van der Waals surface area contributed by atoms with Gasteiger partial charge in [-0.15, -0.1) is 11.3 Å². The van der Waals surface area contributed by atoms with Crippen LogP contribution in [0, 0.1) is 5.92 Å². The van der Waals surface area contributed by atoms with Crippen molar-refractivity contribution in [1.29, 1.82) is 0 Å². The maximum Gasteiger partial charge on any atom is 0.0931 e. The number of rotatable bonds is 5. The first-order valence-electron chi connectivity index (χ1n) is 7.45. The standard InChI is InChI=1S/C15H23ClN2S/c1-11(14-4-5-15(16)19-14)18(13-2-3-13)10-12-6-8-17-9-7-12/h4-5,11-13,17H,2-3,6-10H2,1H3. The monoisotopic (exact) mass is 298 g/mol. The largest absolute Gasteiger partial charge is 0.317 e. The Morgan fingerprint density at radius 1 is 1.32 bits per heavy atom. The molecule has 0 spiro atoms. The number of hydrogen-bond acceptors (Lipinski definition) is 3. The highest BCUT2D eigenvalue weighted by atomic mass is 35.5. The van der Waals surface area contributed by atoms with Crippen LogP contribution in [0.2, 0.25) is 4.34 Å². The van der Waals surface area contributed by atoms with Crippen molar-refractivity contribution in [1.82, 2.24) is 10.2 Å². The fourth-order valence-electron chi connectivity index (χ4n) is 3.11. The number of nitrogens with zero attached hydrogens (tertiary/aromatic N) is 1. The summed E-state index contributed by atoms with van der Waals surface area (Å²) in [6.07, 6.45) is 5.44. The summed E-state index contributed by atoms with van der Waals surface area (Å²) in [5.74, 6) is 0.875. The van der Waals surface area contributed by atoms with Gasteiger partial charge in [-0.3, -0.25) is 4.90 Å². The molecule has 1 saturated heterocycles. The van der Waals surface area contributed by atoms with E-state index >= 15 is 0 Å². The highest BCUT2D eigenvalue weighted by Gasteiger charge is 2.34. The van der Waals surface area contributed by atoms with E-state index in [9.17, 15) is 0 Å². The van der Waals surface area contributed by atoms with E-state index in [1.165, 1.54) is 50.2 Å². The Kier molecular flexibility index (Phi) is 4.47. The second-order valence-electron chi connectivity index (χ2n) is 5.94. The minimum absolute atomic E-state index is 0.528. The number of halogens is 1. The molecule has 1 aromatic rings. The molecule has 106 valence electrons. The molecular weight excluding hydrogens is 276 g/mol. The molecule has 1 aliphatic carbocycles. The van der Waals surface area contributed by atoms with E-state index in [1.807, 2.05) is 6.07 Å². The summed E-state index contributed by atoms with van der Waals surface area (Å²) in [6.45, 7) is 6.01. The predicted octanol–water partition coefficient (Wildman–Crippen LogP) is 3.93. The second-order valence-corrected chi connectivity index (χ2v) is 7.69. The van der Waals surface area contributed by atoms with Gasteiger partial charge in [0, 0.05) is 23.5 Å². The Balaban J connectivity index is 1.66. The third kappa shape index (κ3) is 3.52. The molecule has 1 N–H and O–H groups in total. The van der Waals surface area contributed by atoms with Crippen LogP contribution < -0.4 is 5.32 Å². The molecule has 1 unspecified atom stereocenters. The number of nitrogens with one attached hydrogen (secondary N) is 1. The van der Waals surface area contributed by atoms with E-state index in [0.717, 1.165) is 16.3 Å². The lowest BCUT2D eigenvalue weighted by molar-refractivity contribution is 0.154. The van der Waals surface area contributed by atoms with E-state index in [-0.39, 0.29) is 0 Å². The SMILES string of the molecule is CC(c1ccc(Cl)s1)N(CC1CCNCC1)C1CC1. The topological polar surface area (TPSA) is 15.3 Å². The van der Waals surface area contributed by atoms with Crippen LogP contribution in [-0.4, -0.2) is 30.6 Å². The van der Waals surface area contributed by atoms with Gasteiger partial charge in [-0.2, -0.15) is 0 Å². The van der Waals surface area contributed by atoms with Gasteiger partial charge in [0.25, 0.3) is 0 Å². The summed E-state index contributed by atoms with van der Waals surface area (Å²) in [6, 6.07) is 5.59. The lowest BCUT2D eigenvalue weighted by Gasteiger charge is -2.34. The van der Waals surface area contributed by atoms with Crippen molar-refractivity contribution >= 4 is 22.9 Å². The molecule has 2 fully saturated rings. The first-order valence-corrected chi connectivity index (χ1v) is 8.65. The highest BCUT2D eigenvalue weighted by Crippen LogP contribution is 2.38. The van der Waals surface area contributed by atoms with Crippen molar-refractivity contribution in [3.8, 4) is 0 Å². The minimum Gasteiger partial charge on any atom is -0.317 e. The Hall–Kier alpha value is -0.0900. The summed E-state index contributed by atoms with van der Waals surface area (Å²) in [5.41, 5.74) is 0. The molecule has 1 aromatic heterocycles. The zero-order valence-electron chi connectivity index (χ0n) is 11.6. The number of thiophene rings is 1. The average Bonchev–Trinajstić information content (AvgIpc) is 3.18. The normalized spacial score (nSPS) is 22.9. The third-order valence-corrected chi connectivity index (χ3v) is 5.85. The third-order valence-electron chi connectivity index (χ3n) is 4.45. The van der Waals surface area contributed by atoms with Gasteiger partial charge in [-0.05, 0) is 63.7 Å². The van der Waals surface area contributed by atoms with E-state index < -0.39 is 0 Å². The van der Waals surface area contributed by atoms with E-state index in [2.05, 4.69) is 23.2 Å². The quantitative estimate of drug-likeness (QED) is 0.886. The van der Waals surface area contributed by atoms with Gasteiger partial charge in [0.1, 0.15) is 0 Å². The van der Waals surface area contributed by atoms with Crippen LogP contribution in [-0.2, 0) is 0 Å². The van der Waals surface area contributed by atoms with Crippen LogP contribution in [0.25, 0.3) is 0 Å². The average molecular weight is 299 g/mol. The molecule has 4 heteroatoms. The Labute approximate surface area is 125 Å². The van der Waals surface area contributed by atoms with Gasteiger partial charge < -0.3 is 5.32 Å².